The molecule has 4 N–H and O–H groups in total. The standard InChI is InChI=1S/C10H10BrN5OS/c11-7-4-2-1-3-6(7)9-14-15-10(16(9)13)18-5-8(12)17/h1-4H,5,13H2,(H2,12,17). The van der Waals surface area contributed by atoms with Gasteiger partial charge in [0.15, 0.2) is 5.82 Å². The fraction of sp³-hybridized carbons (Fsp3) is 0.100. The highest BCUT2D eigenvalue weighted by Gasteiger charge is 2.14. The van der Waals surface area contributed by atoms with E-state index < -0.39 is 5.91 Å². The molecule has 1 aromatic carbocycles. The minimum absolute atomic E-state index is 0.116. The number of nitrogens with two attached hydrogens (primary N) is 2. The molecule has 0 bridgehead atoms. The molecule has 1 heterocycles. The van der Waals surface area contributed by atoms with Crippen LogP contribution >= 0.6 is 27.7 Å². The molecule has 0 saturated carbocycles. The van der Waals surface area contributed by atoms with Gasteiger partial charge in [-0.3, -0.25) is 4.79 Å². The molecule has 2 rings (SSSR count). The third kappa shape index (κ3) is 2.65. The lowest BCUT2D eigenvalue weighted by Gasteiger charge is -2.04. The van der Waals surface area contributed by atoms with E-state index in [1.54, 1.807) is 0 Å². The molecule has 0 aliphatic carbocycles. The van der Waals surface area contributed by atoms with Crippen molar-refractivity contribution in [2.24, 2.45) is 5.73 Å². The Morgan fingerprint density at radius 1 is 1.39 bits per heavy atom. The molecule has 0 atom stereocenters. The Hall–Kier alpha value is -1.54. The predicted molar refractivity (Wildman–Crippen MR) is 73.2 cm³/mol. The first-order valence-electron chi connectivity index (χ1n) is 4.96. The van der Waals surface area contributed by atoms with E-state index in [0.717, 1.165) is 21.8 Å². The van der Waals surface area contributed by atoms with Gasteiger partial charge in [0.25, 0.3) is 0 Å². The zero-order valence-electron chi connectivity index (χ0n) is 9.21. The smallest absolute Gasteiger partial charge is 0.227 e. The second kappa shape index (κ2) is 5.40. The van der Waals surface area contributed by atoms with E-state index in [9.17, 15) is 4.79 Å². The second-order valence-electron chi connectivity index (χ2n) is 3.41. The number of amides is 1. The van der Waals surface area contributed by atoms with Gasteiger partial charge in [0.2, 0.25) is 11.1 Å². The molecule has 8 heteroatoms. The van der Waals surface area contributed by atoms with E-state index in [1.807, 2.05) is 24.3 Å². The first-order chi connectivity index (χ1) is 8.59. The number of benzene rings is 1. The summed E-state index contributed by atoms with van der Waals surface area (Å²) in [6.45, 7) is 0. The molecule has 0 unspecified atom stereocenters. The SMILES string of the molecule is NC(=O)CSc1nnc(-c2ccccc2Br)n1N. The van der Waals surface area contributed by atoms with Gasteiger partial charge in [-0.2, -0.15) is 0 Å². The average molecular weight is 328 g/mol. The van der Waals surface area contributed by atoms with E-state index in [-0.39, 0.29) is 5.75 Å². The minimum Gasteiger partial charge on any atom is -0.369 e. The van der Waals surface area contributed by atoms with Gasteiger partial charge in [-0.05, 0) is 12.1 Å². The molecular weight excluding hydrogens is 318 g/mol. The van der Waals surface area contributed by atoms with Crippen molar-refractivity contribution in [2.75, 3.05) is 11.6 Å². The maximum absolute atomic E-state index is 10.7. The largest absolute Gasteiger partial charge is 0.369 e. The maximum atomic E-state index is 10.7. The second-order valence-corrected chi connectivity index (χ2v) is 5.21. The third-order valence-electron chi connectivity index (χ3n) is 2.12. The van der Waals surface area contributed by atoms with Gasteiger partial charge < -0.3 is 11.6 Å². The Balaban J connectivity index is 2.31. The van der Waals surface area contributed by atoms with Crippen LogP contribution < -0.4 is 11.6 Å². The van der Waals surface area contributed by atoms with Crippen LogP contribution in [0.4, 0.5) is 0 Å². The number of carbonyl (C=O) groups is 1. The number of hydrogen-bond acceptors (Lipinski definition) is 5. The van der Waals surface area contributed by atoms with Gasteiger partial charge in [0.05, 0.1) is 5.75 Å². The molecule has 0 aliphatic heterocycles. The van der Waals surface area contributed by atoms with Gasteiger partial charge in [0.1, 0.15) is 0 Å². The summed E-state index contributed by atoms with van der Waals surface area (Å²) in [5.74, 6) is 6.10. The number of nitrogen functional groups attached to an aromatic ring is 1. The first-order valence-corrected chi connectivity index (χ1v) is 6.74. The minimum atomic E-state index is -0.426. The number of primary amides is 1. The van der Waals surface area contributed by atoms with E-state index >= 15 is 0 Å². The summed E-state index contributed by atoms with van der Waals surface area (Å²) in [6, 6.07) is 7.54. The summed E-state index contributed by atoms with van der Waals surface area (Å²) in [6.07, 6.45) is 0. The molecule has 0 fully saturated rings. The molecule has 0 radical (unpaired) electrons. The Bertz CT molecular complexity index is 585. The fourth-order valence-corrected chi connectivity index (χ4v) is 2.39. The molecule has 0 spiro atoms. The monoisotopic (exact) mass is 327 g/mol. The lowest BCUT2D eigenvalue weighted by molar-refractivity contribution is -0.115. The molecule has 0 saturated heterocycles. The summed E-state index contributed by atoms with van der Waals surface area (Å²) in [7, 11) is 0. The van der Waals surface area contributed by atoms with Crippen molar-refractivity contribution in [3.05, 3.63) is 28.7 Å². The Labute approximate surface area is 116 Å². The van der Waals surface area contributed by atoms with Gasteiger partial charge in [-0.15, -0.1) is 10.2 Å². The number of halogens is 1. The third-order valence-corrected chi connectivity index (χ3v) is 3.78. The van der Waals surface area contributed by atoms with Crippen LogP contribution in [0.2, 0.25) is 0 Å². The number of rotatable bonds is 4. The van der Waals surface area contributed by atoms with Gasteiger partial charge >= 0.3 is 0 Å². The molecule has 94 valence electrons. The van der Waals surface area contributed by atoms with Crippen molar-refractivity contribution in [2.45, 2.75) is 5.16 Å². The van der Waals surface area contributed by atoms with Crippen LogP contribution in [0.25, 0.3) is 11.4 Å². The fourth-order valence-electron chi connectivity index (χ4n) is 1.34. The highest BCUT2D eigenvalue weighted by molar-refractivity contribution is 9.10. The van der Waals surface area contributed by atoms with E-state index in [1.165, 1.54) is 4.68 Å². The van der Waals surface area contributed by atoms with Gasteiger partial charge in [-0.1, -0.05) is 39.8 Å². The van der Waals surface area contributed by atoms with Gasteiger partial charge in [0, 0.05) is 10.0 Å². The van der Waals surface area contributed by atoms with Crippen molar-refractivity contribution in [1.82, 2.24) is 14.9 Å². The van der Waals surface area contributed by atoms with Crippen LogP contribution in [-0.2, 0) is 4.79 Å². The number of carbonyl (C=O) groups excluding carboxylic acids is 1. The molecule has 1 aromatic heterocycles. The zero-order chi connectivity index (χ0) is 13.1. The summed E-state index contributed by atoms with van der Waals surface area (Å²) in [5, 5.41) is 8.38. The van der Waals surface area contributed by atoms with E-state index in [4.69, 9.17) is 11.6 Å². The molecular formula is C10H10BrN5OS. The van der Waals surface area contributed by atoms with E-state index in [2.05, 4.69) is 26.1 Å². The van der Waals surface area contributed by atoms with Crippen molar-refractivity contribution in [3.63, 3.8) is 0 Å². The topological polar surface area (TPSA) is 99.8 Å². The molecule has 18 heavy (non-hydrogen) atoms. The number of aromatic nitrogens is 3. The highest BCUT2D eigenvalue weighted by Crippen LogP contribution is 2.27. The van der Waals surface area contributed by atoms with Crippen LogP contribution in [-0.4, -0.2) is 26.5 Å². The number of thioether (sulfide) groups is 1. The Kier molecular flexibility index (Phi) is 3.87. The van der Waals surface area contributed by atoms with Gasteiger partial charge in [-0.25, -0.2) is 4.68 Å². The van der Waals surface area contributed by atoms with Crippen molar-refractivity contribution in [3.8, 4) is 11.4 Å². The zero-order valence-corrected chi connectivity index (χ0v) is 11.6. The number of nitrogens with zero attached hydrogens (tertiary/aromatic N) is 3. The van der Waals surface area contributed by atoms with Crippen LogP contribution in [0.15, 0.2) is 33.9 Å². The molecule has 1 amide bonds. The first kappa shape index (κ1) is 12.9. The predicted octanol–water partition coefficient (Wildman–Crippen LogP) is 0.999. The van der Waals surface area contributed by atoms with Crippen LogP contribution in [0, 0.1) is 0 Å². The lowest BCUT2D eigenvalue weighted by atomic mass is 10.2. The lowest BCUT2D eigenvalue weighted by Crippen LogP contribution is -2.16. The summed E-state index contributed by atoms with van der Waals surface area (Å²) in [5.41, 5.74) is 5.90. The Morgan fingerprint density at radius 2 is 2.11 bits per heavy atom. The molecule has 2 aromatic rings. The average Bonchev–Trinajstić information content (AvgIpc) is 2.69. The van der Waals surface area contributed by atoms with Crippen molar-refractivity contribution in [1.29, 1.82) is 0 Å². The van der Waals surface area contributed by atoms with Crippen molar-refractivity contribution < 1.29 is 4.79 Å². The number of hydrogen-bond donors (Lipinski definition) is 2. The quantitative estimate of drug-likeness (QED) is 0.644. The molecule has 0 aliphatic rings. The Morgan fingerprint density at radius 3 is 2.78 bits per heavy atom. The van der Waals surface area contributed by atoms with E-state index in [0.29, 0.717) is 11.0 Å². The van der Waals surface area contributed by atoms with Crippen molar-refractivity contribution >= 4 is 33.6 Å². The molecule has 6 nitrogen and oxygen atoms in total. The normalized spacial score (nSPS) is 10.5. The summed E-state index contributed by atoms with van der Waals surface area (Å²) < 4.78 is 2.21. The van der Waals surface area contributed by atoms with Crippen LogP contribution in [0.1, 0.15) is 0 Å². The van der Waals surface area contributed by atoms with Crippen LogP contribution in [0.5, 0.6) is 0 Å². The summed E-state index contributed by atoms with van der Waals surface area (Å²) in [4.78, 5) is 10.7. The summed E-state index contributed by atoms with van der Waals surface area (Å²) >= 11 is 4.57. The highest BCUT2D eigenvalue weighted by atomic mass is 79.9. The maximum Gasteiger partial charge on any atom is 0.227 e. The van der Waals surface area contributed by atoms with Crippen LogP contribution in [0.3, 0.4) is 0 Å².